The zero-order valence-electron chi connectivity index (χ0n) is 22.0. The summed E-state index contributed by atoms with van der Waals surface area (Å²) < 4.78 is 0. The second-order valence-corrected chi connectivity index (χ2v) is 10.4. The van der Waals surface area contributed by atoms with Crippen molar-refractivity contribution < 1.29 is 19.8 Å². The van der Waals surface area contributed by atoms with E-state index in [0.29, 0.717) is 6.42 Å². The highest BCUT2D eigenvalue weighted by Gasteiger charge is 2.34. The number of pyridine rings is 1. The predicted molar refractivity (Wildman–Crippen MR) is 147 cm³/mol. The van der Waals surface area contributed by atoms with Crippen molar-refractivity contribution in [2.24, 2.45) is 11.1 Å². The first-order valence-corrected chi connectivity index (χ1v) is 12.6. The molecule has 2 aromatic carbocycles. The quantitative estimate of drug-likeness (QED) is 0.245. The molecular formula is C29H37N5O4. The molecule has 202 valence electrons. The van der Waals surface area contributed by atoms with Crippen LogP contribution in [0.4, 0.5) is 4.79 Å². The Morgan fingerprint density at radius 1 is 0.974 bits per heavy atom. The van der Waals surface area contributed by atoms with Crippen molar-refractivity contribution in [3.63, 3.8) is 0 Å². The summed E-state index contributed by atoms with van der Waals surface area (Å²) in [6, 6.07) is 21.5. The molecule has 0 saturated heterocycles. The number of amides is 2. The third-order valence-electron chi connectivity index (χ3n) is 6.17. The van der Waals surface area contributed by atoms with E-state index in [2.05, 4.69) is 15.7 Å². The molecule has 9 nitrogen and oxygen atoms in total. The molecule has 0 saturated carbocycles. The Morgan fingerprint density at radius 2 is 1.63 bits per heavy atom. The average Bonchev–Trinajstić information content (AvgIpc) is 2.88. The van der Waals surface area contributed by atoms with E-state index in [9.17, 15) is 19.8 Å². The molecule has 3 aromatic rings. The molecular weight excluding hydrogens is 482 g/mol. The summed E-state index contributed by atoms with van der Waals surface area (Å²) in [5, 5.41) is 24.1. The Morgan fingerprint density at radius 3 is 2.21 bits per heavy atom. The van der Waals surface area contributed by atoms with Crippen molar-refractivity contribution in [3.8, 4) is 11.3 Å². The van der Waals surface area contributed by atoms with E-state index in [1.165, 1.54) is 0 Å². The van der Waals surface area contributed by atoms with Crippen molar-refractivity contribution in [3.05, 3.63) is 90.1 Å². The number of carboxylic acid groups (broad SMARTS) is 1. The van der Waals surface area contributed by atoms with Gasteiger partial charge >= 0.3 is 6.09 Å². The fraction of sp³-hybridized carbons (Fsp3) is 0.345. The first-order chi connectivity index (χ1) is 18.0. The first kappa shape index (κ1) is 28.8. The Kier molecular flexibility index (Phi) is 9.95. The maximum absolute atomic E-state index is 13.2. The van der Waals surface area contributed by atoms with Gasteiger partial charge in [0.25, 0.3) is 5.91 Å². The van der Waals surface area contributed by atoms with E-state index in [0.717, 1.165) is 22.4 Å². The highest BCUT2D eigenvalue weighted by atomic mass is 16.4. The molecule has 0 bridgehead atoms. The van der Waals surface area contributed by atoms with E-state index < -0.39 is 35.6 Å². The number of hydrogen-bond acceptors (Lipinski definition) is 6. The second-order valence-electron chi connectivity index (χ2n) is 10.4. The molecule has 0 aliphatic heterocycles. The monoisotopic (exact) mass is 519 g/mol. The Bertz CT molecular complexity index is 1170. The minimum Gasteiger partial charge on any atom is -0.465 e. The van der Waals surface area contributed by atoms with Crippen molar-refractivity contribution in [1.29, 1.82) is 0 Å². The van der Waals surface area contributed by atoms with Crippen LogP contribution in [0.5, 0.6) is 0 Å². The van der Waals surface area contributed by atoms with Crippen LogP contribution in [-0.4, -0.2) is 56.9 Å². The van der Waals surface area contributed by atoms with Crippen LogP contribution in [-0.2, 0) is 17.8 Å². The van der Waals surface area contributed by atoms with Gasteiger partial charge in [-0.2, -0.15) is 0 Å². The molecule has 0 fully saturated rings. The lowest BCUT2D eigenvalue weighted by Gasteiger charge is -2.33. The molecule has 1 aromatic heterocycles. The van der Waals surface area contributed by atoms with E-state index in [4.69, 9.17) is 5.73 Å². The molecule has 9 heteroatoms. The highest BCUT2D eigenvalue weighted by molar-refractivity contribution is 5.85. The maximum atomic E-state index is 13.2. The summed E-state index contributed by atoms with van der Waals surface area (Å²) in [6.45, 7) is 5.65. The van der Waals surface area contributed by atoms with Gasteiger partial charge in [0.2, 0.25) is 0 Å². The average molecular weight is 520 g/mol. The molecule has 0 aliphatic rings. The van der Waals surface area contributed by atoms with E-state index in [1.54, 1.807) is 32.0 Å². The topological polar surface area (TPSA) is 141 Å². The van der Waals surface area contributed by atoms with Crippen LogP contribution < -0.4 is 16.5 Å². The zero-order chi connectivity index (χ0) is 27.7. The number of carbonyl (C=O) groups is 2. The predicted octanol–water partition coefficient (Wildman–Crippen LogP) is 3.20. The van der Waals surface area contributed by atoms with Gasteiger partial charge in [-0.15, -0.1) is 0 Å². The summed E-state index contributed by atoms with van der Waals surface area (Å²) >= 11 is 0. The van der Waals surface area contributed by atoms with Crippen LogP contribution in [0.25, 0.3) is 11.3 Å². The van der Waals surface area contributed by atoms with Gasteiger partial charge in [0.05, 0.1) is 11.8 Å². The minimum atomic E-state index is -1.29. The molecule has 0 radical (unpaired) electrons. The van der Waals surface area contributed by atoms with Crippen LogP contribution in [0.2, 0.25) is 0 Å². The molecule has 3 atom stereocenters. The van der Waals surface area contributed by atoms with Gasteiger partial charge in [0.1, 0.15) is 6.04 Å². The number of nitrogens with zero attached hydrogens (tertiary/aromatic N) is 2. The molecule has 6 N–H and O–H groups in total. The summed E-state index contributed by atoms with van der Waals surface area (Å²) in [7, 11) is 0. The Hall–Kier alpha value is -3.79. The second kappa shape index (κ2) is 13.1. The number of aliphatic hydroxyl groups excluding tert-OH is 1. The summed E-state index contributed by atoms with van der Waals surface area (Å²) in [6.07, 6.45) is -0.0454. The van der Waals surface area contributed by atoms with E-state index in [-0.39, 0.29) is 13.1 Å². The number of benzene rings is 2. The number of aliphatic hydroxyl groups is 1. The first-order valence-electron chi connectivity index (χ1n) is 12.6. The Labute approximate surface area is 223 Å². The van der Waals surface area contributed by atoms with Gasteiger partial charge < -0.3 is 21.3 Å². The van der Waals surface area contributed by atoms with E-state index in [1.807, 2.05) is 72.8 Å². The van der Waals surface area contributed by atoms with Crippen LogP contribution in [0, 0.1) is 5.41 Å². The van der Waals surface area contributed by atoms with E-state index >= 15 is 0 Å². The molecule has 1 heterocycles. The number of nitrogens with one attached hydrogen (secondary N) is 2. The largest absolute Gasteiger partial charge is 0.465 e. The number of carbonyl (C=O) groups excluding carboxylic acids is 1. The van der Waals surface area contributed by atoms with Crippen molar-refractivity contribution >= 4 is 12.0 Å². The standard InChI is InChI=1S/C29H37N5O4/c1-29(2,3)26(32-28(37)38)27(36)33-34(19-25(35)23(30)17-20-9-5-4-6-10-20)18-21-12-14-22(15-13-21)24-11-7-8-16-31-24/h4-16,23,25-26,32,35H,17-19,30H2,1-3H3,(H,33,36)(H,37,38)/t23-,25-,26+/m0/s1. The fourth-order valence-corrected chi connectivity index (χ4v) is 4.09. The van der Waals surface area contributed by atoms with Crippen molar-refractivity contribution in [1.82, 2.24) is 20.7 Å². The van der Waals surface area contributed by atoms with Gasteiger partial charge in [0.15, 0.2) is 0 Å². The molecule has 0 unspecified atom stereocenters. The number of rotatable bonds is 11. The zero-order valence-corrected chi connectivity index (χ0v) is 22.0. The Balaban J connectivity index is 1.77. The van der Waals surface area contributed by atoms with Gasteiger partial charge in [0, 0.05) is 30.9 Å². The number of aromatic nitrogens is 1. The molecule has 3 rings (SSSR count). The SMILES string of the molecule is CC(C)(C)[C@H](NC(=O)O)C(=O)NN(Cc1ccc(-c2ccccn2)cc1)C[C@H](O)[C@@H](N)Cc1ccccc1. The lowest BCUT2D eigenvalue weighted by atomic mass is 9.86. The van der Waals surface area contributed by atoms with Crippen molar-refractivity contribution in [2.45, 2.75) is 51.9 Å². The number of nitrogens with two attached hydrogens (primary N) is 1. The van der Waals surface area contributed by atoms with Gasteiger partial charge in [-0.3, -0.25) is 15.2 Å². The van der Waals surface area contributed by atoms with Crippen LogP contribution in [0.1, 0.15) is 31.9 Å². The minimum absolute atomic E-state index is 0.0473. The number of hydrogen-bond donors (Lipinski definition) is 5. The third kappa shape index (κ3) is 8.65. The van der Waals surface area contributed by atoms with Crippen LogP contribution in [0.3, 0.4) is 0 Å². The summed E-state index contributed by atoms with van der Waals surface area (Å²) in [5.41, 5.74) is 12.1. The molecule has 0 spiro atoms. The van der Waals surface area contributed by atoms with Gasteiger partial charge in [-0.05, 0) is 35.1 Å². The molecule has 0 aliphatic carbocycles. The number of hydrazine groups is 1. The molecule has 38 heavy (non-hydrogen) atoms. The normalized spacial score (nSPS) is 13.9. The third-order valence-corrected chi connectivity index (χ3v) is 6.17. The van der Waals surface area contributed by atoms with Crippen LogP contribution >= 0.6 is 0 Å². The summed E-state index contributed by atoms with van der Waals surface area (Å²) in [5.74, 6) is -0.520. The van der Waals surface area contributed by atoms with Gasteiger partial charge in [-0.25, -0.2) is 9.80 Å². The fourth-order valence-electron chi connectivity index (χ4n) is 4.09. The van der Waals surface area contributed by atoms with Gasteiger partial charge in [-0.1, -0.05) is 81.4 Å². The van der Waals surface area contributed by atoms with Crippen LogP contribution in [0.15, 0.2) is 79.0 Å². The lowest BCUT2D eigenvalue weighted by molar-refractivity contribution is -0.131. The highest BCUT2D eigenvalue weighted by Crippen LogP contribution is 2.21. The lowest BCUT2D eigenvalue weighted by Crippen LogP contribution is -2.58. The molecule has 2 amide bonds. The smallest absolute Gasteiger partial charge is 0.405 e. The maximum Gasteiger partial charge on any atom is 0.405 e. The summed E-state index contributed by atoms with van der Waals surface area (Å²) in [4.78, 5) is 28.9. The van der Waals surface area contributed by atoms with Crippen molar-refractivity contribution in [2.75, 3.05) is 6.54 Å².